The Bertz CT molecular complexity index is 1210. The summed E-state index contributed by atoms with van der Waals surface area (Å²) in [6.07, 6.45) is 8.15. The molecule has 3 heterocycles. The van der Waals surface area contributed by atoms with Crippen LogP contribution in [0.3, 0.4) is 0 Å². The number of hydrogen-bond acceptors (Lipinski definition) is 6. The molecule has 1 aliphatic rings. The maximum Gasteiger partial charge on any atom is 0.213 e. The van der Waals surface area contributed by atoms with E-state index in [9.17, 15) is 5.11 Å². The first-order chi connectivity index (χ1) is 15.7. The Hall–Kier alpha value is -3.00. The van der Waals surface area contributed by atoms with E-state index in [1.54, 1.807) is 7.11 Å². The summed E-state index contributed by atoms with van der Waals surface area (Å²) in [4.78, 5) is 8.91. The average Bonchev–Trinajstić information content (AvgIpc) is 3.31. The zero-order valence-electron chi connectivity index (χ0n) is 18.2. The van der Waals surface area contributed by atoms with E-state index in [1.807, 2.05) is 47.3 Å². The lowest BCUT2D eigenvalue weighted by Crippen LogP contribution is -2.48. The Morgan fingerprint density at radius 1 is 1.09 bits per heavy atom. The summed E-state index contributed by atoms with van der Waals surface area (Å²) in [7, 11) is 1.63. The lowest BCUT2D eigenvalue weighted by atomic mass is 9.88. The molecule has 1 aromatic carbocycles. The second-order valence-electron chi connectivity index (χ2n) is 8.52. The van der Waals surface area contributed by atoms with Crippen molar-refractivity contribution in [3.05, 3.63) is 72.2 Å². The van der Waals surface area contributed by atoms with Gasteiger partial charge in [0.25, 0.3) is 0 Å². The number of rotatable bonds is 7. The number of aromatic nitrogens is 3. The van der Waals surface area contributed by atoms with E-state index in [1.165, 1.54) is 11.1 Å². The SMILES string of the molecule is COc1ccc2cc(CN[C@H]3CC[C@H](NCc4cccn5ccnc45)C[C@H]3O)ccc2n1. The number of fused-ring (bicyclic) bond motifs is 2. The molecule has 1 aliphatic carbocycles. The van der Waals surface area contributed by atoms with E-state index < -0.39 is 0 Å². The van der Waals surface area contributed by atoms with Gasteiger partial charge in [-0.05, 0) is 49.1 Å². The van der Waals surface area contributed by atoms with Gasteiger partial charge in [-0.25, -0.2) is 9.97 Å². The van der Waals surface area contributed by atoms with E-state index in [0.717, 1.165) is 48.9 Å². The molecule has 0 spiro atoms. The van der Waals surface area contributed by atoms with Gasteiger partial charge >= 0.3 is 0 Å². The van der Waals surface area contributed by atoms with E-state index >= 15 is 0 Å². The van der Waals surface area contributed by atoms with Crippen molar-refractivity contribution in [2.45, 2.75) is 50.5 Å². The van der Waals surface area contributed by atoms with E-state index in [4.69, 9.17) is 4.74 Å². The summed E-state index contributed by atoms with van der Waals surface area (Å²) in [5.74, 6) is 0.623. The molecule has 1 fully saturated rings. The minimum Gasteiger partial charge on any atom is -0.481 e. The summed E-state index contributed by atoms with van der Waals surface area (Å²) in [6, 6.07) is 14.7. The molecular weight excluding hydrogens is 402 g/mol. The number of ether oxygens (including phenoxy) is 1. The number of pyridine rings is 2. The molecule has 4 aromatic rings. The van der Waals surface area contributed by atoms with Gasteiger partial charge in [0.05, 0.1) is 18.7 Å². The molecule has 0 saturated heterocycles. The number of methoxy groups -OCH3 is 1. The Balaban J connectivity index is 1.14. The molecule has 166 valence electrons. The molecule has 3 N–H and O–H groups in total. The van der Waals surface area contributed by atoms with Crippen LogP contribution in [0.4, 0.5) is 0 Å². The van der Waals surface area contributed by atoms with Crippen LogP contribution in [0.2, 0.25) is 0 Å². The maximum atomic E-state index is 10.7. The molecule has 3 aromatic heterocycles. The summed E-state index contributed by atoms with van der Waals surface area (Å²) in [6.45, 7) is 1.48. The van der Waals surface area contributed by atoms with Gasteiger partial charge in [-0.1, -0.05) is 12.1 Å². The number of aliphatic hydroxyl groups excluding tert-OH is 1. The van der Waals surface area contributed by atoms with Gasteiger partial charge in [0, 0.05) is 60.8 Å². The molecule has 0 radical (unpaired) electrons. The van der Waals surface area contributed by atoms with Gasteiger partial charge in [-0.3, -0.25) is 0 Å². The average molecular weight is 432 g/mol. The molecule has 3 atom stereocenters. The highest BCUT2D eigenvalue weighted by Gasteiger charge is 2.28. The molecule has 1 saturated carbocycles. The third-order valence-corrected chi connectivity index (χ3v) is 6.40. The van der Waals surface area contributed by atoms with E-state index in [0.29, 0.717) is 11.9 Å². The first-order valence-corrected chi connectivity index (χ1v) is 11.2. The predicted octanol–water partition coefficient (Wildman–Crippen LogP) is 3.05. The first kappa shape index (κ1) is 20.9. The smallest absolute Gasteiger partial charge is 0.213 e. The monoisotopic (exact) mass is 431 g/mol. The van der Waals surface area contributed by atoms with Crippen LogP contribution < -0.4 is 15.4 Å². The minimum absolute atomic E-state index is 0.105. The summed E-state index contributed by atoms with van der Waals surface area (Å²) in [5.41, 5.74) is 4.27. The van der Waals surface area contributed by atoms with Crippen LogP contribution in [0.15, 0.2) is 61.1 Å². The van der Waals surface area contributed by atoms with Crippen molar-refractivity contribution in [2.75, 3.05) is 7.11 Å². The number of benzene rings is 1. The molecule has 0 unspecified atom stereocenters. The molecular formula is C25H29N5O2. The molecule has 5 rings (SSSR count). The second-order valence-corrected chi connectivity index (χ2v) is 8.52. The van der Waals surface area contributed by atoms with Crippen molar-refractivity contribution in [2.24, 2.45) is 0 Å². The van der Waals surface area contributed by atoms with Gasteiger partial charge in [0.15, 0.2) is 0 Å². The normalized spacial score (nSPS) is 21.2. The summed E-state index contributed by atoms with van der Waals surface area (Å²) in [5, 5.41) is 19.0. The van der Waals surface area contributed by atoms with Crippen molar-refractivity contribution >= 4 is 16.6 Å². The highest BCUT2D eigenvalue weighted by Crippen LogP contribution is 2.22. The lowest BCUT2D eigenvalue weighted by Gasteiger charge is -2.34. The van der Waals surface area contributed by atoms with Crippen LogP contribution in [0.1, 0.15) is 30.4 Å². The fourth-order valence-electron chi connectivity index (χ4n) is 4.60. The summed E-state index contributed by atoms with van der Waals surface area (Å²) >= 11 is 0. The fraction of sp³-hybridized carbons (Fsp3) is 0.360. The van der Waals surface area contributed by atoms with Crippen LogP contribution >= 0.6 is 0 Å². The van der Waals surface area contributed by atoms with Crippen molar-refractivity contribution in [1.29, 1.82) is 0 Å². The molecule has 0 amide bonds. The number of hydrogen-bond donors (Lipinski definition) is 3. The minimum atomic E-state index is -0.366. The number of imidazole rings is 1. The Labute approximate surface area is 187 Å². The molecule has 0 bridgehead atoms. The van der Waals surface area contributed by atoms with Crippen molar-refractivity contribution < 1.29 is 9.84 Å². The molecule has 7 heteroatoms. The zero-order chi connectivity index (χ0) is 21.9. The second kappa shape index (κ2) is 9.24. The lowest BCUT2D eigenvalue weighted by molar-refractivity contribution is 0.0742. The highest BCUT2D eigenvalue weighted by molar-refractivity contribution is 5.79. The largest absolute Gasteiger partial charge is 0.481 e. The van der Waals surface area contributed by atoms with Crippen LogP contribution in [0, 0.1) is 0 Å². The van der Waals surface area contributed by atoms with Gasteiger partial charge in [0.1, 0.15) is 5.65 Å². The quantitative estimate of drug-likeness (QED) is 0.417. The van der Waals surface area contributed by atoms with E-state index in [2.05, 4.69) is 38.8 Å². The predicted molar refractivity (Wildman–Crippen MR) is 125 cm³/mol. The van der Waals surface area contributed by atoms with Gasteiger partial charge < -0.3 is 24.9 Å². The topological polar surface area (TPSA) is 83.7 Å². The third kappa shape index (κ3) is 4.46. The van der Waals surface area contributed by atoms with Gasteiger partial charge in [-0.2, -0.15) is 0 Å². The zero-order valence-corrected chi connectivity index (χ0v) is 18.2. The highest BCUT2D eigenvalue weighted by atomic mass is 16.5. The van der Waals surface area contributed by atoms with E-state index in [-0.39, 0.29) is 12.1 Å². The number of aliphatic hydroxyl groups is 1. The van der Waals surface area contributed by atoms with Gasteiger partial charge in [0.2, 0.25) is 5.88 Å². The van der Waals surface area contributed by atoms with Crippen molar-refractivity contribution in [1.82, 2.24) is 25.0 Å². The fourth-order valence-corrected chi connectivity index (χ4v) is 4.60. The van der Waals surface area contributed by atoms with Crippen molar-refractivity contribution in [3.63, 3.8) is 0 Å². The Morgan fingerprint density at radius 3 is 2.91 bits per heavy atom. The van der Waals surface area contributed by atoms with Crippen LogP contribution in [-0.2, 0) is 13.1 Å². The molecule has 0 aliphatic heterocycles. The Kier molecular flexibility index (Phi) is 6.03. The Morgan fingerprint density at radius 2 is 2.03 bits per heavy atom. The van der Waals surface area contributed by atoms with Gasteiger partial charge in [-0.15, -0.1) is 0 Å². The molecule has 7 nitrogen and oxygen atoms in total. The van der Waals surface area contributed by atoms with Crippen LogP contribution in [-0.4, -0.2) is 44.8 Å². The first-order valence-electron chi connectivity index (χ1n) is 11.2. The number of nitrogens with zero attached hydrogens (tertiary/aromatic N) is 3. The molecule has 32 heavy (non-hydrogen) atoms. The standard InChI is InChI=1S/C25H29N5O2/c1-32-24-9-5-18-13-17(4-7-21(18)29-24)15-28-22-8-6-20(14-23(22)31)27-16-19-3-2-11-30-12-10-26-25(19)30/h2-5,7,9-13,20,22-23,27-28,31H,6,8,14-16H2,1H3/t20-,22-,23+/m0/s1. The number of nitrogens with one attached hydrogen (secondary N) is 2. The van der Waals surface area contributed by atoms with Crippen LogP contribution in [0.25, 0.3) is 16.6 Å². The third-order valence-electron chi connectivity index (χ3n) is 6.40. The maximum absolute atomic E-state index is 10.7. The summed E-state index contributed by atoms with van der Waals surface area (Å²) < 4.78 is 7.23. The van der Waals surface area contributed by atoms with Crippen molar-refractivity contribution in [3.8, 4) is 5.88 Å². The van der Waals surface area contributed by atoms with Crippen LogP contribution in [0.5, 0.6) is 5.88 Å².